The molecule has 2 aromatic heterocycles. The number of aromatic nitrogens is 2. The first-order valence-electron chi connectivity index (χ1n) is 8.57. The Balaban J connectivity index is 1.91. The van der Waals surface area contributed by atoms with Crippen LogP contribution in [0.1, 0.15) is 24.1 Å². The molecule has 0 saturated heterocycles. The van der Waals surface area contributed by atoms with Crippen LogP contribution in [0.2, 0.25) is 0 Å². The molecule has 0 aromatic carbocycles. The highest BCUT2D eigenvalue weighted by Crippen LogP contribution is 2.31. The number of pyridine rings is 2. The third-order valence-electron chi connectivity index (χ3n) is 4.22. The second-order valence-electron chi connectivity index (χ2n) is 6.06. The summed E-state index contributed by atoms with van der Waals surface area (Å²) in [6.45, 7) is 3.90. The van der Waals surface area contributed by atoms with Gasteiger partial charge in [0.25, 0.3) is 0 Å². The molecule has 0 unspecified atom stereocenters. The average Bonchev–Trinajstić information content (AvgIpc) is 2.90. The summed E-state index contributed by atoms with van der Waals surface area (Å²) in [5.74, 6) is 2.32. The maximum Gasteiger partial charge on any atom is 0.144 e. The van der Waals surface area contributed by atoms with Gasteiger partial charge in [0.05, 0.1) is 13.3 Å². The van der Waals surface area contributed by atoms with Crippen LogP contribution in [-0.4, -0.2) is 37.2 Å². The van der Waals surface area contributed by atoms with Crippen LogP contribution in [0, 0.1) is 6.92 Å². The summed E-state index contributed by atoms with van der Waals surface area (Å²) in [5.41, 5.74) is 4.34. The summed E-state index contributed by atoms with van der Waals surface area (Å²) in [5, 5.41) is 9.84. The molecule has 0 saturated carbocycles. The van der Waals surface area contributed by atoms with Crippen LogP contribution in [0.25, 0.3) is 5.57 Å². The fourth-order valence-electron chi connectivity index (χ4n) is 2.98. The molecule has 0 atom stereocenters. The third-order valence-corrected chi connectivity index (χ3v) is 4.22. The molecule has 0 radical (unpaired) electrons. The van der Waals surface area contributed by atoms with E-state index in [-0.39, 0.29) is 0 Å². The van der Waals surface area contributed by atoms with Gasteiger partial charge in [-0.2, -0.15) is 0 Å². The number of rotatable bonds is 5. The molecule has 0 bridgehead atoms. The first kappa shape index (κ1) is 17.2. The van der Waals surface area contributed by atoms with Gasteiger partial charge in [-0.1, -0.05) is 6.08 Å². The molecule has 0 amide bonds. The lowest BCUT2D eigenvalue weighted by Crippen LogP contribution is -2.12. The van der Waals surface area contributed by atoms with E-state index in [9.17, 15) is 0 Å². The molecule has 132 valence electrons. The Morgan fingerprint density at radius 2 is 2.08 bits per heavy atom. The number of hydrogen-bond donors (Lipinski definition) is 3. The van der Waals surface area contributed by atoms with Gasteiger partial charge in [-0.15, -0.1) is 0 Å². The fourth-order valence-corrected chi connectivity index (χ4v) is 2.98. The fraction of sp³-hybridized carbons (Fsp3) is 0.368. The summed E-state index contributed by atoms with van der Waals surface area (Å²) in [7, 11) is 3.58. The smallest absolute Gasteiger partial charge is 0.144 e. The van der Waals surface area contributed by atoms with Gasteiger partial charge in [0.1, 0.15) is 17.4 Å². The van der Waals surface area contributed by atoms with E-state index in [1.807, 2.05) is 32.2 Å². The Kier molecular flexibility index (Phi) is 5.50. The minimum atomic E-state index is 0.758. The van der Waals surface area contributed by atoms with Crippen LogP contribution in [0.3, 0.4) is 0 Å². The van der Waals surface area contributed by atoms with Gasteiger partial charge in [0.2, 0.25) is 0 Å². The van der Waals surface area contributed by atoms with Gasteiger partial charge in [0, 0.05) is 36.6 Å². The molecule has 1 aliphatic rings. The predicted octanol–water partition coefficient (Wildman–Crippen LogP) is 3.35. The van der Waals surface area contributed by atoms with E-state index < -0.39 is 0 Å². The summed E-state index contributed by atoms with van der Waals surface area (Å²) in [6.07, 6.45) is 6.15. The maximum absolute atomic E-state index is 5.52. The summed E-state index contributed by atoms with van der Waals surface area (Å²) < 4.78 is 5.52. The quantitative estimate of drug-likeness (QED) is 0.776. The lowest BCUT2D eigenvalue weighted by molar-refractivity contribution is 0.411. The highest BCUT2D eigenvalue weighted by molar-refractivity contribution is 5.73. The van der Waals surface area contributed by atoms with E-state index in [0.29, 0.717) is 0 Å². The van der Waals surface area contributed by atoms with Crippen molar-refractivity contribution in [2.75, 3.05) is 37.9 Å². The zero-order valence-electron chi connectivity index (χ0n) is 15.0. The highest BCUT2D eigenvalue weighted by atomic mass is 16.5. The van der Waals surface area contributed by atoms with E-state index in [2.05, 4.69) is 32.0 Å². The van der Waals surface area contributed by atoms with Gasteiger partial charge >= 0.3 is 0 Å². The van der Waals surface area contributed by atoms with Crippen LogP contribution >= 0.6 is 0 Å². The zero-order valence-corrected chi connectivity index (χ0v) is 15.0. The number of allylic oxidation sites excluding steroid dienone is 1. The molecule has 0 spiro atoms. The molecule has 25 heavy (non-hydrogen) atoms. The second-order valence-corrected chi connectivity index (χ2v) is 6.06. The standard InChI is InChI=1S/C19H25N5O/c1-13-9-15(20-2)10-19(23-13)24-18-11-16(17(25-3)12-22-18)14-5-4-7-21-8-6-14/h6,9-12,21H,4-5,7-8H2,1-3H3,(H2,20,22,23,24). The first-order chi connectivity index (χ1) is 12.2. The van der Waals surface area contributed by atoms with Crippen molar-refractivity contribution in [1.29, 1.82) is 0 Å². The van der Waals surface area contributed by atoms with Crippen molar-refractivity contribution in [1.82, 2.24) is 15.3 Å². The number of aryl methyl sites for hydroxylation is 1. The normalized spacial score (nSPS) is 14.4. The summed E-state index contributed by atoms with van der Waals surface area (Å²) in [4.78, 5) is 9.00. The number of nitrogens with zero attached hydrogens (tertiary/aromatic N) is 2. The van der Waals surface area contributed by atoms with Crippen molar-refractivity contribution in [3.63, 3.8) is 0 Å². The van der Waals surface area contributed by atoms with Crippen LogP contribution in [0.5, 0.6) is 5.75 Å². The molecule has 3 N–H and O–H groups in total. The van der Waals surface area contributed by atoms with E-state index >= 15 is 0 Å². The molecule has 0 fully saturated rings. The van der Waals surface area contributed by atoms with Crippen molar-refractivity contribution in [3.05, 3.63) is 41.7 Å². The monoisotopic (exact) mass is 339 g/mol. The topological polar surface area (TPSA) is 71.1 Å². The van der Waals surface area contributed by atoms with Crippen molar-refractivity contribution >= 4 is 22.9 Å². The number of anilines is 3. The number of nitrogens with one attached hydrogen (secondary N) is 3. The Labute approximate surface area is 148 Å². The molecule has 6 nitrogen and oxygen atoms in total. The molecular weight excluding hydrogens is 314 g/mol. The summed E-state index contributed by atoms with van der Waals surface area (Å²) >= 11 is 0. The predicted molar refractivity (Wildman–Crippen MR) is 103 cm³/mol. The SMILES string of the molecule is CNc1cc(C)nc(Nc2cc(C3=CCNCCC3)c(OC)cn2)c1. The second kappa shape index (κ2) is 7.98. The first-order valence-corrected chi connectivity index (χ1v) is 8.57. The average molecular weight is 339 g/mol. The van der Waals surface area contributed by atoms with Crippen LogP contribution in [0.15, 0.2) is 30.5 Å². The molecule has 3 rings (SSSR count). The minimum Gasteiger partial charge on any atom is -0.494 e. The molecule has 3 heterocycles. The third kappa shape index (κ3) is 4.28. The van der Waals surface area contributed by atoms with Crippen molar-refractivity contribution in [2.45, 2.75) is 19.8 Å². The molecule has 0 aliphatic carbocycles. The van der Waals surface area contributed by atoms with Gasteiger partial charge in [-0.3, -0.25) is 0 Å². The minimum absolute atomic E-state index is 0.758. The largest absolute Gasteiger partial charge is 0.494 e. The molecule has 6 heteroatoms. The Morgan fingerprint density at radius 1 is 1.20 bits per heavy atom. The van der Waals surface area contributed by atoms with E-state index in [1.165, 1.54) is 5.57 Å². The maximum atomic E-state index is 5.52. The van der Waals surface area contributed by atoms with E-state index in [0.717, 1.165) is 60.3 Å². The van der Waals surface area contributed by atoms with Gasteiger partial charge in [-0.25, -0.2) is 9.97 Å². The van der Waals surface area contributed by atoms with Crippen molar-refractivity contribution in [3.8, 4) is 5.75 Å². The Morgan fingerprint density at radius 3 is 2.88 bits per heavy atom. The van der Waals surface area contributed by atoms with Crippen LogP contribution < -0.4 is 20.7 Å². The van der Waals surface area contributed by atoms with Crippen LogP contribution in [0.4, 0.5) is 17.3 Å². The number of methoxy groups -OCH3 is 1. The number of hydrogen-bond acceptors (Lipinski definition) is 6. The van der Waals surface area contributed by atoms with Gasteiger partial charge in [-0.05, 0) is 44.0 Å². The Bertz CT molecular complexity index is 772. The van der Waals surface area contributed by atoms with E-state index in [4.69, 9.17) is 4.74 Å². The van der Waals surface area contributed by atoms with Crippen LogP contribution in [-0.2, 0) is 0 Å². The lowest BCUT2D eigenvalue weighted by atomic mass is 10.0. The molecule has 2 aromatic rings. The van der Waals surface area contributed by atoms with E-state index in [1.54, 1.807) is 13.3 Å². The van der Waals surface area contributed by atoms with Gasteiger partial charge < -0.3 is 20.7 Å². The summed E-state index contributed by atoms with van der Waals surface area (Å²) in [6, 6.07) is 6.01. The lowest BCUT2D eigenvalue weighted by Gasteiger charge is -2.14. The highest BCUT2D eigenvalue weighted by Gasteiger charge is 2.13. The molecular formula is C19H25N5O. The molecule has 1 aliphatic heterocycles. The Hall–Kier alpha value is -2.60. The zero-order chi connectivity index (χ0) is 17.6. The van der Waals surface area contributed by atoms with Crippen molar-refractivity contribution in [2.24, 2.45) is 0 Å². The van der Waals surface area contributed by atoms with Gasteiger partial charge in [0.15, 0.2) is 0 Å². The van der Waals surface area contributed by atoms with Crippen molar-refractivity contribution < 1.29 is 4.74 Å². The number of ether oxygens (including phenoxy) is 1.